The molecule has 29 heavy (non-hydrogen) atoms. The van der Waals surface area contributed by atoms with Gasteiger partial charge in [0.05, 0.1) is 0 Å². The lowest BCUT2D eigenvalue weighted by atomic mass is 9.79. The molecule has 156 valence electrons. The fraction of sp³-hybridized carbons (Fsp3) is 0.435. The van der Waals surface area contributed by atoms with Crippen LogP contribution in [0.5, 0.6) is 5.75 Å². The molecule has 0 radical (unpaired) electrons. The second kappa shape index (κ2) is 8.91. The number of carbonyl (C=O) groups is 1. The minimum absolute atomic E-state index is 0.144. The number of likely N-dealkylation sites (N-methyl/N-ethyl adjacent to an activating group) is 1. The second-order valence-electron chi connectivity index (χ2n) is 7.96. The van der Waals surface area contributed by atoms with Crippen molar-refractivity contribution in [2.24, 2.45) is 0 Å². The van der Waals surface area contributed by atoms with Gasteiger partial charge in [0.1, 0.15) is 12.4 Å². The van der Waals surface area contributed by atoms with Crippen molar-refractivity contribution in [1.29, 1.82) is 0 Å². The van der Waals surface area contributed by atoms with Gasteiger partial charge in [-0.1, -0.05) is 30.3 Å². The first-order valence-corrected chi connectivity index (χ1v) is 9.90. The highest BCUT2D eigenvalue weighted by molar-refractivity contribution is 5.94. The summed E-state index contributed by atoms with van der Waals surface area (Å²) in [5, 5.41) is 2.93. The number of hydrogen-bond acceptors (Lipinski definition) is 3. The SMILES string of the molecule is CN(C)C1(CNC(=O)c2ccc(OCc3ccccc3)cc2)CCC(F)(F)CC1. The van der Waals surface area contributed by atoms with Crippen molar-refractivity contribution >= 4 is 5.91 Å². The number of alkyl halides is 2. The summed E-state index contributed by atoms with van der Waals surface area (Å²) in [6.07, 6.45) is 0.433. The average Bonchev–Trinajstić information content (AvgIpc) is 2.72. The number of hydrogen-bond donors (Lipinski definition) is 1. The molecule has 1 aliphatic rings. The molecule has 0 bridgehead atoms. The molecule has 3 rings (SSSR count). The van der Waals surface area contributed by atoms with Crippen LogP contribution in [0, 0.1) is 0 Å². The van der Waals surface area contributed by atoms with Crippen LogP contribution in [0.25, 0.3) is 0 Å². The van der Waals surface area contributed by atoms with E-state index in [0.29, 0.717) is 37.3 Å². The van der Waals surface area contributed by atoms with Crippen molar-refractivity contribution in [3.05, 3.63) is 65.7 Å². The van der Waals surface area contributed by atoms with Crippen LogP contribution in [0.4, 0.5) is 8.78 Å². The maximum absolute atomic E-state index is 13.6. The zero-order valence-corrected chi connectivity index (χ0v) is 17.0. The van der Waals surface area contributed by atoms with Crippen molar-refractivity contribution in [2.75, 3.05) is 20.6 Å². The van der Waals surface area contributed by atoms with Crippen LogP contribution >= 0.6 is 0 Å². The molecule has 1 aliphatic carbocycles. The molecule has 1 fully saturated rings. The van der Waals surface area contributed by atoms with Crippen LogP contribution in [-0.2, 0) is 6.61 Å². The molecule has 1 N–H and O–H groups in total. The molecule has 2 aromatic carbocycles. The molecule has 0 spiro atoms. The molecule has 2 aromatic rings. The lowest BCUT2D eigenvalue weighted by Crippen LogP contribution is -2.55. The minimum atomic E-state index is -2.60. The van der Waals surface area contributed by atoms with Crippen LogP contribution in [0.2, 0.25) is 0 Å². The maximum atomic E-state index is 13.6. The van der Waals surface area contributed by atoms with Crippen molar-refractivity contribution in [3.8, 4) is 5.75 Å². The number of ether oxygens (including phenoxy) is 1. The number of halogens is 2. The van der Waals surface area contributed by atoms with Gasteiger partial charge in [-0.25, -0.2) is 8.78 Å². The van der Waals surface area contributed by atoms with Gasteiger partial charge in [-0.05, 0) is 56.8 Å². The molecule has 0 aromatic heterocycles. The Morgan fingerprint density at radius 2 is 1.62 bits per heavy atom. The standard InChI is InChI=1S/C23H28F2N2O2/c1-27(2)22(12-14-23(24,25)15-13-22)17-26-21(28)19-8-10-20(11-9-19)29-16-18-6-4-3-5-7-18/h3-11H,12-17H2,1-2H3,(H,26,28). The van der Waals surface area contributed by atoms with E-state index in [4.69, 9.17) is 4.74 Å². The number of nitrogens with one attached hydrogen (secondary N) is 1. The minimum Gasteiger partial charge on any atom is -0.489 e. The van der Waals surface area contributed by atoms with Gasteiger partial charge in [-0.2, -0.15) is 0 Å². The Kier molecular flexibility index (Phi) is 6.52. The summed E-state index contributed by atoms with van der Waals surface area (Å²) in [4.78, 5) is 14.5. The Balaban J connectivity index is 1.55. The van der Waals surface area contributed by atoms with Gasteiger partial charge in [0.25, 0.3) is 5.91 Å². The molecule has 0 atom stereocenters. The Morgan fingerprint density at radius 1 is 1.00 bits per heavy atom. The van der Waals surface area contributed by atoms with Crippen molar-refractivity contribution < 1.29 is 18.3 Å². The van der Waals surface area contributed by atoms with E-state index in [0.717, 1.165) is 5.56 Å². The third kappa shape index (κ3) is 5.54. The summed E-state index contributed by atoms with van der Waals surface area (Å²) >= 11 is 0. The number of carbonyl (C=O) groups excluding carboxylic acids is 1. The smallest absolute Gasteiger partial charge is 0.251 e. The first-order valence-electron chi connectivity index (χ1n) is 9.90. The number of amides is 1. The number of nitrogens with zero attached hydrogens (tertiary/aromatic N) is 1. The van der Waals surface area contributed by atoms with Gasteiger partial charge < -0.3 is 15.0 Å². The Bertz CT molecular complexity index is 797. The Hall–Kier alpha value is -2.47. The third-order valence-electron chi connectivity index (χ3n) is 5.80. The predicted molar refractivity (Wildman–Crippen MR) is 109 cm³/mol. The van der Waals surface area contributed by atoms with Crippen molar-refractivity contribution in [2.45, 2.75) is 43.8 Å². The van der Waals surface area contributed by atoms with E-state index >= 15 is 0 Å². The van der Waals surface area contributed by atoms with E-state index < -0.39 is 11.5 Å². The van der Waals surface area contributed by atoms with Gasteiger partial charge in [-0.3, -0.25) is 4.79 Å². The van der Waals surface area contributed by atoms with E-state index in [-0.39, 0.29) is 18.7 Å². The predicted octanol–water partition coefficient (Wildman–Crippen LogP) is 4.51. The van der Waals surface area contributed by atoms with Gasteiger partial charge in [0, 0.05) is 30.5 Å². The lowest BCUT2D eigenvalue weighted by Gasteiger charge is -2.45. The quantitative estimate of drug-likeness (QED) is 0.741. The molecule has 1 amide bonds. The summed E-state index contributed by atoms with van der Waals surface area (Å²) in [7, 11) is 3.77. The number of benzene rings is 2. The zero-order valence-electron chi connectivity index (χ0n) is 17.0. The van der Waals surface area contributed by atoms with E-state index in [1.807, 2.05) is 49.3 Å². The summed E-state index contributed by atoms with van der Waals surface area (Å²) in [6.45, 7) is 0.809. The Morgan fingerprint density at radius 3 is 2.21 bits per heavy atom. The summed E-state index contributed by atoms with van der Waals surface area (Å²) in [5.74, 6) is -2.12. The highest BCUT2D eigenvalue weighted by Crippen LogP contribution is 2.40. The van der Waals surface area contributed by atoms with Gasteiger partial charge in [0.15, 0.2) is 0 Å². The van der Waals surface area contributed by atoms with E-state index in [9.17, 15) is 13.6 Å². The highest BCUT2D eigenvalue weighted by atomic mass is 19.3. The molecule has 1 saturated carbocycles. The lowest BCUT2D eigenvalue weighted by molar-refractivity contribution is -0.0727. The fourth-order valence-electron chi connectivity index (χ4n) is 3.65. The highest BCUT2D eigenvalue weighted by Gasteiger charge is 2.44. The van der Waals surface area contributed by atoms with Gasteiger partial charge in [0.2, 0.25) is 5.92 Å². The maximum Gasteiger partial charge on any atom is 0.251 e. The van der Waals surface area contributed by atoms with Crippen molar-refractivity contribution in [1.82, 2.24) is 10.2 Å². The Labute approximate surface area is 170 Å². The van der Waals surface area contributed by atoms with Crippen LogP contribution in [0.15, 0.2) is 54.6 Å². The average molecular weight is 402 g/mol. The normalized spacial score (nSPS) is 17.7. The molecule has 0 saturated heterocycles. The van der Waals surface area contributed by atoms with Crippen LogP contribution in [0.3, 0.4) is 0 Å². The van der Waals surface area contributed by atoms with Crippen molar-refractivity contribution in [3.63, 3.8) is 0 Å². The third-order valence-corrected chi connectivity index (χ3v) is 5.80. The topological polar surface area (TPSA) is 41.6 Å². The monoisotopic (exact) mass is 402 g/mol. The molecule has 0 aliphatic heterocycles. The molecular weight excluding hydrogens is 374 g/mol. The van der Waals surface area contributed by atoms with E-state index in [1.54, 1.807) is 24.3 Å². The molecule has 6 heteroatoms. The largest absolute Gasteiger partial charge is 0.489 e. The summed E-state index contributed by atoms with van der Waals surface area (Å²) in [6, 6.07) is 16.8. The van der Waals surface area contributed by atoms with Crippen LogP contribution in [-0.4, -0.2) is 42.9 Å². The summed E-state index contributed by atoms with van der Waals surface area (Å²) < 4.78 is 32.9. The number of rotatable bonds is 7. The fourth-order valence-corrected chi connectivity index (χ4v) is 3.65. The van der Waals surface area contributed by atoms with E-state index in [2.05, 4.69) is 5.32 Å². The van der Waals surface area contributed by atoms with Gasteiger partial charge in [-0.15, -0.1) is 0 Å². The van der Waals surface area contributed by atoms with E-state index in [1.165, 1.54) is 0 Å². The zero-order chi connectivity index (χ0) is 20.9. The van der Waals surface area contributed by atoms with Crippen LogP contribution in [0.1, 0.15) is 41.6 Å². The molecule has 4 nitrogen and oxygen atoms in total. The second-order valence-corrected chi connectivity index (χ2v) is 7.96. The van der Waals surface area contributed by atoms with Gasteiger partial charge >= 0.3 is 0 Å². The molecule has 0 heterocycles. The molecular formula is C23H28F2N2O2. The first kappa shape index (κ1) is 21.2. The van der Waals surface area contributed by atoms with Crippen LogP contribution < -0.4 is 10.1 Å². The first-order chi connectivity index (χ1) is 13.8. The summed E-state index contributed by atoms with van der Waals surface area (Å²) in [5.41, 5.74) is 1.16. The molecule has 0 unspecified atom stereocenters.